The van der Waals surface area contributed by atoms with Gasteiger partial charge in [0.2, 0.25) is 5.91 Å². The van der Waals surface area contributed by atoms with Crippen molar-refractivity contribution in [1.29, 1.82) is 0 Å². The Kier molecular flexibility index (Phi) is 5.72. The summed E-state index contributed by atoms with van der Waals surface area (Å²) in [5, 5.41) is 7.58. The SMILES string of the molecule is Cc1ccc(C(N)C(=O)NCc2c(C)nn(Cc3ccccc3)c2C)cc1. The predicted molar refractivity (Wildman–Crippen MR) is 107 cm³/mol. The van der Waals surface area contributed by atoms with Crippen LogP contribution in [0, 0.1) is 20.8 Å². The highest BCUT2D eigenvalue weighted by molar-refractivity contribution is 5.82. The molecule has 0 radical (unpaired) electrons. The molecular formula is C22H26N4O. The number of amides is 1. The van der Waals surface area contributed by atoms with Gasteiger partial charge in [-0.15, -0.1) is 0 Å². The lowest BCUT2D eigenvalue weighted by Crippen LogP contribution is -2.33. The number of nitrogens with two attached hydrogens (primary N) is 1. The first-order chi connectivity index (χ1) is 13.0. The van der Waals surface area contributed by atoms with E-state index in [2.05, 4.69) is 22.5 Å². The summed E-state index contributed by atoms with van der Waals surface area (Å²) in [6.45, 7) is 7.14. The van der Waals surface area contributed by atoms with E-state index in [0.717, 1.165) is 28.1 Å². The van der Waals surface area contributed by atoms with Crippen molar-refractivity contribution in [3.63, 3.8) is 0 Å². The fourth-order valence-corrected chi connectivity index (χ4v) is 3.11. The van der Waals surface area contributed by atoms with Gasteiger partial charge in [-0.25, -0.2) is 0 Å². The molecule has 1 aromatic heterocycles. The van der Waals surface area contributed by atoms with Gasteiger partial charge in [0.1, 0.15) is 6.04 Å². The number of nitrogens with zero attached hydrogens (tertiary/aromatic N) is 2. The maximum absolute atomic E-state index is 12.5. The Labute approximate surface area is 160 Å². The molecule has 0 aliphatic carbocycles. The van der Waals surface area contributed by atoms with Gasteiger partial charge >= 0.3 is 0 Å². The first-order valence-corrected chi connectivity index (χ1v) is 9.12. The van der Waals surface area contributed by atoms with Crippen LogP contribution in [0.15, 0.2) is 54.6 Å². The van der Waals surface area contributed by atoms with Crippen LogP contribution in [0.3, 0.4) is 0 Å². The molecule has 3 aromatic rings. The summed E-state index contributed by atoms with van der Waals surface area (Å²) >= 11 is 0. The molecular weight excluding hydrogens is 336 g/mol. The van der Waals surface area contributed by atoms with Gasteiger partial charge in [0, 0.05) is 17.8 Å². The van der Waals surface area contributed by atoms with Crippen LogP contribution in [0.5, 0.6) is 0 Å². The molecule has 1 heterocycles. The average Bonchev–Trinajstić information content (AvgIpc) is 2.93. The van der Waals surface area contributed by atoms with Crippen LogP contribution in [0.4, 0.5) is 0 Å². The van der Waals surface area contributed by atoms with Crippen LogP contribution >= 0.6 is 0 Å². The molecule has 0 aliphatic heterocycles. The van der Waals surface area contributed by atoms with Gasteiger partial charge in [-0.2, -0.15) is 5.10 Å². The molecule has 2 aromatic carbocycles. The summed E-state index contributed by atoms with van der Waals surface area (Å²) in [5.74, 6) is -0.187. The van der Waals surface area contributed by atoms with Gasteiger partial charge in [-0.1, -0.05) is 60.2 Å². The highest BCUT2D eigenvalue weighted by atomic mass is 16.2. The van der Waals surface area contributed by atoms with Crippen molar-refractivity contribution in [2.24, 2.45) is 5.73 Å². The van der Waals surface area contributed by atoms with E-state index in [4.69, 9.17) is 5.73 Å². The zero-order valence-electron chi connectivity index (χ0n) is 16.1. The number of hydrogen-bond donors (Lipinski definition) is 2. The number of carbonyl (C=O) groups excluding carboxylic acids is 1. The van der Waals surface area contributed by atoms with E-state index < -0.39 is 6.04 Å². The number of hydrogen-bond acceptors (Lipinski definition) is 3. The van der Waals surface area contributed by atoms with E-state index in [1.54, 1.807) is 0 Å². The maximum Gasteiger partial charge on any atom is 0.241 e. The average molecular weight is 362 g/mol. The zero-order valence-corrected chi connectivity index (χ0v) is 16.1. The van der Waals surface area contributed by atoms with E-state index in [1.165, 1.54) is 5.56 Å². The first kappa shape index (κ1) is 18.9. The third-order valence-electron chi connectivity index (χ3n) is 4.86. The topological polar surface area (TPSA) is 72.9 Å². The summed E-state index contributed by atoms with van der Waals surface area (Å²) in [7, 11) is 0. The Morgan fingerprint density at radius 2 is 1.74 bits per heavy atom. The molecule has 5 heteroatoms. The van der Waals surface area contributed by atoms with Gasteiger partial charge in [-0.3, -0.25) is 9.48 Å². The van der Waals surface area contributed by atoms with Crippen molar-refractivity contribution < 1.29 is 4.79 Å². The largest absolute Gasteiger partial charge is 0.350 e. The molecule has 27 heavy (non-hydrogen) atoms. The minimum Gasteiger partial charge on any atom is -0.350 e. The molecule has 3 rings (SSSR count). The van der Waals surface area contributed by atoms with Gasteiger partial charge in [0.05, 0.1) is 12.2 Å². The minimum absolute atomic E-state index is 0.187. The second-order valence-electron chi connectivity index (χ2n) is 6.90. The Morgan fingerprint density at radius 3 is 2.41 bits per heavy atom. The van der Waals surface area contributed by atoms with Crippen LogP contribution in [0.25, 0.3) is 0 Å². The molecule has 0 saturated heterocycles. The molecule has 1 atom stereocenters. The lowest BCUT2D eigenvalue weighted by molar-refractivity contribution is -0.122. The van der Waals surface area contributed by atoms with Crippen LogP contribution < -0.4 is 11.1 Å². The summed E-state index contributed by atoms with van der Waals surface area (Å²) in [4.78, 5) is 12.5. The number of rotatable bonds is 6. The molecule has 0 saturated carbocycles. The highest BCUT2D eigenvalue weighted by Crippen LogP contribution is 2.16. The predicted octanol–water partition coefficient (Wildman–Crippen LogP) is 3.17. The number of carbonyl (C=O) groups is 1. The van der Waals surface area contributed by atoms with Gasteiger partial charge in [0.15, 0.2) is 0 Å². The van der Waals surface area contributed by atoms with E-state index in [1.807, 2.05) is 67.9 Å². The Bertz CT molecular complexity index is 913. The van der Waals surface area contributed by atoms with Crippen molar-refractivity contribution in [2.45, 2.75) is 39.9 Å². The van der Waals surface area contributed by atoms with Gasteiger partial charge < -0.3 is 11.1 Å². The first-order valence-electron chi connectivity index (χ1n) is 9.12. The molecule has 3 N–H and O–H groups in total. The lowest BCUT2D eigenvalue weighted by atomic mass is 10.1. The third-order valence-corrected chi connectivity index (χ3v) is 4.86. The molecule has 1 unspecified atom stereocenters. The summed E-state index contributed by atoms with van der Waals surface area (Å²) in [6.07, 6.45) is 0. The Balaban J connectivity index is 1.67. The van der Waals surface area contributed by atoms with E-state index in [9.17, 15) is 4.79 Å². The van der Waals surface area contributed by atoms with Crippen molar-refractivity contribution in [3.8, 4) is 0 Å². The second kappa shape index (κ2) is 8.18. The highest BCUT2D eigenvalue weighted by Gasteiger charge is 2.17. The lowest BCUT2D eigenvalue weighted by Gasteiger charge is -2.13. The van der Waals surface area contributed by atoms with Crippen LogP contribution in [-0.2, 0) is 17.9 Å². The normalized spacial score (nSPS) is 12.0. The van der Waals surface area contributed by atoms with Crippen LogP contribution in [0.2, 0.25) is 0 Å². The van der Waals surface area contributed by atoms with E-state index >= 15 is 0 Å². The fraction of sp³-hybridized carbons (Fsp3) is 0.273. The van der Waals surface area contributed by atoms with E-state index in [0.29, 0.717) is 13.1 Å². The fourth-order valence-electron chi connectivity index (χ4n) is 3.11. The molecule has 140 valence electrons. The van der Waals surface area contributed by atoms with Crippen molar-refractivity contribution >= 4 is 5.91 Å². The Hall–Kier alpha value is -2.92. The zero-order chi connectivity index (χ0) is 19.4. The van der Waals surface area contributed by atoms with Crippen LogP contribution in [0.1, 0.15) is 39.7 Å². The minimum atomic E-state index is -0.675. The molecule has 0 aliphatic rings. The second-order valence-corrected chi connectivity index (χ2v) is 6.90. The smallest absolute Gasteiger partial charge is 0.241 e. The summed E-state index contributed by atoms with van der Waals surface area (Å²) < 4.78 is 1.98. The number of aryl methyl sites for hydroxylation is 2. The maximum atomic E-state index is 12.5. The number of benzene rings is 2. The molecule has 5 nitrogen and oxygen atoms in total. The van der Waals surface area contributed by atoms with Crippen LogP contribution in [-0.4, -0.2) is 15.7 Å². The standard InChI is InChI=1S/C22H26N4O/c1-15-9-11-19(12-10-15)21(23)22(27)24-13-20-16(2)25-26(17(20)3)14-18-7-5-4-6-8-18/h4-12,21H,13-14,23H2,1-3H3,(H,24,27). The summed E-state index contributed by atoms with van der Waals surface area (Å²) in [6, 6.07) is 17.3. The molecule has 0 spiro atoms. The van der Waals surface area contributed by atoms with Crippen molar-refractivity contribution in [2.75, 3.05) is 0 Å². The summed E-state index contributed by atoms with van der Waals surface area (Å²) in [5.41, 5.74) is 12.3. The number of nitrogens with one attached hydrogen (secondary N) is 1. The van der Waals surface area contributed by atoms with Crippen molar-refractivity contribution in [3.05, 3.63) is 88.2 Å². The van der Waals surface area contributed by atoms with Gasteiger partial charge in [0.25, 0.3) is 0 Å². The third kappa shape index (κ3) is 4.44. The van der Waals surface area contributed by atoms with Crippen molar-refractivity contribution in [1.82, 2.24) is 15.1 Å². The quantitative estimate of drug-likeness (QED) is 0.707. The molecule has 0 bridgehead atoms. The van der Waals surface area contributed by atoms with Gasteiger partial charge in [-0.05, 0) is 31.9 Å². The molecule has 1 amide bonds. The molecule has 0 fully saturated rings. The monoisotopic (exact) mass is 362 g/mol. The number of aromatic nitrogens is 2. The van der Waals surface area contributed by atoms with E-state index in [-0.39, 0.29) is 5.91 Å². The Morgan fingerprint density at radius 1 is 1.07 bits per heavy atom.